The maximum atomic E-state index is 14.5. The van der Waals surface area contributed by atoms with Gasteiger partial charge in [-0.2, -0.15) is 0 Å². The maximum Gasteiger partial charge on any atom is 0.338 e. The number of nitrogens with one attached hydrogen (secondary N) is 1. The molecule has 204 valence electrons. The van der Waals surface area contributed by atoms with E-state index >= 15 is 0 Å². The SMILES string of the molecule is CCOC(=O)C1=C(CN2CC(F)(F)CCC2COCC=O)NC(c2nccs2)=N[C@H]1c1ccc(F)cc1Cl. The van der Waals surface area contributed by atoms with E-state index in [0.717, 1.165) is 6.07 Å². The van der Waals surface area contributed by atoms with Crippen molar-refractivity contribution < 1.29 is 32.2 Å². The van der Waals surface area contributed by atoms with Gasteiger partial charge in [-0.05, 0) is 25.5 Å². The first-order valence-electron chi connectivity index (χ1n) is 12.0. The average molecular weight is 571 g/mol. The molecule has 2 atom stereocenters. The third-order valence-electron chi connectivity index (χ3n) is 6.16. The number of thiazole rings is 1. The highest BCUT2D eigenvalue weighted by atomic mass is 35.5. The molecule has 1 aromatic carbocycles. The van der Waals surface area contributed by atoms with E-state index in [1.165, 1.54) is 28.4 Å². The molecule has 0 spiro atoms. The molecule has 0 bridgehead atoms. The molecular formula is C25H26ClF3N4O4S. The number of halogens is 4. The second kappa shape index (κ2) is 12.4. The van der Waals surface area contributed by atoms with Crippen molar-refractivity contribution in [1.82, 2.24) is 15.2 Å². The lowest BCUT2D eigenvalue weighted by molar-refractivity contribution is -0.139. The molecule has 4 rings (SSSR count). The summed E-state index contributed by atoms with van der Waals surface area (Å²) in [7, 11) is 0. The lowest BCUT2D eigenvalue weighted by atomic mass is 9.94. The van der Waals surface area contributed by atoms with Crippen LogP contribution in [0.4, 0.5) is 13.2 Å². The normalized spacial score (nSPS) is 21.6. The molecule has 0 saturated carbocycles. The van der Waals surface area contributed by atoms with Crippen molar-refractivity contribution >= 4 is 41.0 Å². The van der Waals surface area contributed by atoms with Crippen molar-refractivity contribution in [2.24, 2.45) is 4.99 Å². The predicted octanol–water partition coefficient (Wildman–Crippen LogP) is 4.16. The van der Waals surface area contributed by atoms with Crippen molar-refractivity contribution in [2.45, 2.75) is 37.8 Å². The number of benzene rings is 1. The summed E-state index contributed by atoms with van der Waals surface area (Å²) in [5.74, 6) is -3.91. The number of alkyl halides is 2. The van der Waals surface area contributed by atoms with Gasteiger partial charge in [-0.15, -0.1) is 11.3 Å². The number of ether oxygens (including phenoxy) is 2. The fourth-order valence-electron chi connectivity index (χ4n) is 4.46. The second-order valence-electron chi connectivity index (χ2n) is 8.78. The van der Waals surface area contributed by atoms with Crippen molar-refractivity contribution in [1.29, 1.82) is 0 Å². The van der Waals surface area contributed by atoms with E-state index in [1.54, 1.807) is 18.5 Å². The Labute approximate surface area is 226 Å². The first kappa shape index (κ1) is 28.2. The van der Waals surface area contributed by atoms with Crippen LogP contribution >= 0.6 is 22.9 Å². The minimum atomic E-state index is -2.95. The van der Waals surface area contributed by atoms with Crippen LogP contribution in [0, 0.1) is 5.82 Å². The summed E-state index contributed by atoms with van der Waals surface area (Å²) in [4.78, 5) is 34.5. The Bertz CT molecular complexity index is 1230. The highest BCUT2D eigenvalue weighted by molar-refractivity contribution is 7.11. The van der Waals surface area contributed by atoms with Gasteiger partial charge in [-0.1, -0.05) is 17.7 Å². The number of aromatic nitrogens is 1. The molecule has 3 heterocycles. The fourth-order valence-corrected chi connectivity index (χ4v) is 5.32. The van der Waals surface area contributed by atoms with Crippen LogP contribution in [0.2, 0.25) is 5.02 Å². The molecule has 0 amide bonds. The van der Waals surface area contributed by atoms with Gasteiger partial charge >= 0.3 is 5.97 Å². The number of nitrogens with zero attached hydrogens (tertiary/aromatic N) is 3. The minimum Gasteiger partial charge on any atom is -0.463 e. The molecule has 0 radical (unpaired) electrons. The van der Waals surface area contributed by atoms with Crippen molar-refractivity contribution in [3.63, 3.8) is 0 Å². The largest absolute Gasteiger partial charge is 0.463 e. The van der Waals surface area contributed by atoms with E-state index in [9.17, 15) is 22.8 Å². The molecule has 1 aromatic heterocycles. The van der Waals surface area contributed by atoms with E-state index in [0.29, 0.717) is 22.7 Å². The number of rotatable bonds is 10. The highest BCUT2D eigenvalue weighted by Crippen LogP contribution is 2.38. The van der Waals surface area contributed by atoms with E-state index in [1.807, 2.05) is 0 Å². The van der Waals surface area contributed by atoms with Gasteiger partial charge in [0, 0.05) is 46.9 Å². The van der Waals surface area contributed by atoms with Gasteiger partial charge in [-0.3, -0.25) is 9.89 Å². The van der Waals surface area contributed by atoms with Gasteiger partial charge in [0.25, 0.3) is 5.92 Å². The van der Waals surface area contributed by atoms with Crippen LogP contribution in [0.25, 0.3) is 0 Å². The van der Waals surface area contributed by atoms with Crippen LogP contribution in [-0.2, 0) is 19.1 Å². The van der Waals surface area contributed by atoms with E-state index in [-0.39, 0.29) is 55.5 Å². The number of hydrogen-bond acceptors (Lipinski definition) is 9. The van der Waals surface area contributed by atoms with Gasteiger partial charge in [0.05, 0.1) is 25.3 Å². The molecule has 38 heavy (non-hydrogen) atoms. The Hall–Kier alpha value is -2.80. The molecule has 1 N–H and O–H groups in total. The lowest BCUT2D eigenvalue weighted by Crippen LogP contribution is -2.53. The molecule has 1 saturated heterocycles. The predicted molar refractivity (Wildman–Crippen MR) is 136 cm³/mol. The number of esters is 1. The zero-order valence-electron chi connectivity index (χ0n) is 20.5. The summed E-state index contributed by atoms with van der Waals surface area (Å²) in [6.07, 6.45) is 1.99. The summed E-state index contributed by atoms with van der Waals surface area (Å²) in [6.45, 7) is 0.948. The standard InChI is InChI=1S/C25H26ClF3N4O4S/c1-2-37-24(35)20-19(12-33-14-25(28,29)6-5-16(33)13-36-9-8-34)31-22(23-30-7-10-38-23)32-21(20)17-4-3-15(27)11-18(17)26/h3-4,7-8,10-11,16,21H,2,5-6,9,12-14H2,1H3,(H,31,32)/t16?,21-/m0/s1. The fraction of sp³-hybridized carbons (Fsp3) is 0.440. The van der Waals surface area contributed by atoms with Gasteiger partial charge in [-0.25, -0.2) is 22.9 Å². The number of likely N-dealkylation sites (tertiary alicyclic amines) is 1. The maximum absolute atomic E-state index is 14.5. The Balaban J connectivity index is 1.79. The van der Waals surface area contributed by atoms with Crippen LogP contribution in [0.3, 0.4) is 0 Å². The van der Waals surface area contributed by atoms with Gasteiger partial charge in [0.15, 0.2) is 10.8 Å². The smallest absolute Gasteiger partial charge is 0.338 e. The average Bonchev–Trinajstić information content (AvgIpc) is 3.40. The molecular weight excluding hydrogens is 545 g/mol. The molecule has 13 heteroatoms. The van der Waals surface area contributed by atoms with Crippen molar-refractivity contribution in [3.05, 3.63) is 62.5 Å². The van der Waals surface area contributed by atoms with Gasteiger partial charge in [0.1, 0.15) is 24.8 Å². The zero-order chi connectivity index (χ0) is 27.3. The van der Waals surface area contributed by atoms with Crippen LogP contribution in [-0.4, -0.2) is 72.8 Å². The second-order valence-corrected chi connectivity index (χ2v) is 10.1. The number of aldehydes is 1. The molecule has 2 aliphatic heterocycles. The minimum absolute atomic E-state index is 0.0462. The van der Waals surface area contributed by atoms with Gasteiger partial charge in [0.2, 0.25) is 0 Å². The Morgan fingerprint density at radius 1 is 1.39 bits per heavy atom. The number of carbonyl (C=O) groups excluding carboxylic acids is 2. The molecule has 1 fully saturated rings. The van der Waals surface area contributed by atoms with Crippen molar-refractivity contribution in [3.8, 4) is 0 Å². The number of hydrogen-bond donors (Lipinski definition) is 1. The summed E-state index contributed by atoms with van der Waals surface area (Å²) in [6, 6.07) is 2.31. The summed E-state index contributed by atoms with van der Waals surface area (Å²) in [5.41, 5.74) is 0.702. The number of piperidine rings is 1. The quantitative estimate of drug-likeness (QED) is 0.260. The first-order chi connectivity index (χ1) is 18.2. The van der Waals surface area contributed by atoms with Crippen LogP contribution in [0.1, 0.15) is 36.4 Å². The van der Waals surface area contributed by atoms with Crippen LogP contribution < -0.4 is 5.32 Å². The van der Waals surface area contributed by atoms with Crippen molar-refractivity contribution in [2.75, 3.05) is 32.9 Å². The first-order valence-corrected chi connectivity index (χ1v) is 13.2. The third-order valence-corrected chi connectivity index (χ3v) is 7.27. The molecule has 2 aromatic rings. The number of amidine groups is 1. The Kier molecular flexibility index (Phi) is 9.19. The number of aliphatic imine (C=N–C) groups is 1. The van der Waals surface area contributed by atoms with E-state index in [4.69, 9.17) is 21.1 Å². The summed E-state index contributed by atoms with van der Waals surface area (Å²) in [5, 5.41) is 5.41. The highest BCUT2D eigenvalue weighted by Gasteiger charge is 2.42. The monoisotopic (exact) mass is 570 g/mol. The van der Waals surface area contributed by atoms with Crippen LogP contribution in [0.15, 0.2) is 46.0 Å². The molecule has 8 nitrogen and oxygen atoms in total. The zero-order valence-corrected chi connectivity index (χ0v) is 22.0. The van der Waals surface area contributed by atoms with Gasteiger partial charge < -0.3 is 19.6 Å². The van der Waals surface area contributed by atoms with E-state index < -0.39 is 36.3 Å². The molecule has 1 unspecified atom stereocenters. The lowest BCUT2D eigenvalue weighted by Gasteiger charge is -2.40. The van der Waals surface area contributed by atoms with E-state index in [2.05, 4.69) is 15.3 Å². The number of carbonyl (C=O) groups is 2. The topological polar surface area (TPSA) is 93.1 Å². The molecule has 2 aliphatic rings. The van der Waals surface area contributed by atoms with Crippen LogP contribution in [0.5, 0.6) is 0 Å². The Morgan fingerprint density at radius 2 is 2.21 bits per heavy atom. The third kappa shape index (κ3) is 6.60. The summed E-state index contributed by atoms with van der Waals surface area (Å²) < 4.78 is 53.6. The summed E-state index contributed by atoms with van der Waals surface area (Å²) >= 11 is 7.67. The molecule has 0 aliphatic carbocycles. The Morgan fingerprint density at radius 3 is 2.89 bits per heavy atom.